The first kappa shape index (κ1) is 22.3. The van der Waals surface area contributed by atoms with Gasteiger partial charge in [-0.2, -0.15) is 0 Å². The number of carbonyl (C=O) groups is 2. The van der Waals surface area contributed by atoms with Crippen molar-refractivity contribution in [3.8, 4) is 0 Å². The van der Waals surface area contributed by atoms with Crippen LogP contribution in [0.25, 0.3) is 0 Å². The van der Waals surface area contributed by atoms with Crippen molar-refractivity contribution in [2.24, 2.45) is 0 Å². The number of fused-ring (bicyclic) bond motifs is 1. The molecule has 0 unspecified atom stereocenters. The summed E-state index contributed by atoms with van der Waals surface area (Å²) in [5.74, 6) is -0.0522. The molecule has 7 nitrogen and oxygen atoms in total. The maximum Gasteiger partial charge on any atom is 0.264 e. The standard InChI is InChI=1S/C24H29N3O4S/c1-2-27(20-8-4-3-5-9-20)32(30,31)21-10-11-22-19(18-21)14-17-26(22)24(29)13-12-23(28)25-15-6-7-16-25/h3-5,8-11,18H,2,6-7,12-17H2,1H3. The van der Waals surface area contributed by atoms with Crippen molar-refractivity contribution in [2.75, 3.05) is 35.4 Å². The van der Waals surface area contributed by atoms with Gasteiger partial charge in [-0.05, 0) is 62.1 Å². The fourth-order valence-electron chi connectivity index (χ4n) is 4.48. The third-order valence-electron chi connectivity index (χ3n) is 6.18. The minimum atomic E-state index is -3.71. The van der Waals surface area contributed by atoms with Gasteiger partial charge < -0.3 is 9.80 Å². The van der Waals surface area contributed by atoms with Crippen LogP contribution in [0.3, 0.4) is 0 Å². The molecule has 0 aromatic heterocycles. The number of carbonyl (C=O) groups excluding carboxylic acids is 2. The third kappa shape index (κ3) is 4.37. The van der Waals surface area contributed by atoms with Crippen molar-refractivity contribution < 1.29 is 18.0 Å². The second-order valence-electron chi connectivity index (χ2n) is 8.18. The first-order valence-corrected chi connectivity index (χ1v) is 12.6. The lowest BCUT2D eigenvalue weighted by Gasteiger charge is -2.23. The van der Waals surface area contributed by atoms with Crippen LogP contribution in [0.1, 0.15) is 38.2 Å². The fourth-order valence-corrected chi connectivity index (χ4v) is 6.01. The molecule has 2 aromatic rings. The monoisotopic (exact) mass is 455 g/mol. The van der Waals surface area contributed by atoms with Crippen LogP contribution >= 0.6 is 0 Å². The van der Waals surface area contributed by atoms with Crippen LogP contribution in [0.4, 0.5) is 11.4 Å². The molecule has 0 radical (unpaired) electrons. The fraction of sp³-hybridized carbons (Fsp3) is 0.417. The largest absolute Gasteiger partial charge is 0.343 e. The Morgan fingerprint density at radius 2 is 1.62 bits per heavy atom. The highest BCUT2D eigenvalue weighted by atomic mass is 32.2. The number of nitrogens with zero attached hydrogens (tertiary/aromatic N) is 3. The van der Waals surface area contributed by atoms with E-state index in [4.69, 9.17) is 0 Å². The molecule has 0 bridgehead atoms. The second-order valence-corrected chi connectivity index (χ2v) is 10.0. The van der Waals surface area contributed by atoms with Crippen molar-refractivity contribution in [1.29, 1.82) is 0 Å². The van der Waals surface area contributed by atoms with Crippen LogP contribution in [0, 0.1) is 0 Å². The molecule has 170 valence electrons. The number of para-hydroxylation sites is 1. The van der Waals surface area contributed by atoms with E-state index >= 15 is 0 Å². The van der Waals surface area contributed by atoms with E-state index in [1.807, 2.05) is 30.0 Å². The Labute approximate surface area is 189 Å². The average molecular weight is 456 g/mol. The van der Waals surface area contributed by atoms with Gasteiger partial charge in [0.2, 0.25) is 11.8 Å². The summed E-state index contributed by atoms with van der Waals surface area (Å²) in [7, 11) is -3.71. The van der Waals surface area contributed by atoms with Gasteiger partial charge in [-0.15, -0.1) is 0 Å². The average Bonchev–Trinajstić information content (AvgIpc) is 3.48. The van der Waals surface area contributed by atoms with Gasteiger partial charge in [0.05, 0.1) is 10.6 Å². The number of rotatable bonds is 7. The number of sulfonamides is 1. The van der Waals surface area contributed by atoms with Crippen molar-refractivity contribution in [3.63, 3.8) is 0 Å². The first-order chi connectivity index (χ1) is 15.4. The topological polar surface area (TPSA) is 78.0 Å². The van der Waals surface area contributed by atoms with Crippen molar-refractivity contribution in [3.05, 3.63) is 54.1 Å². The Morgan fingerprint density at radius 1 is 0.938 bits per heavy atom. The highest BCUT2D eigenvalue weighted by molar-refractivity contribution is 7.92. The molecule has 0 aliphatic carbocycles. The molecule has 2 heterocycles. The summed E-state index contributed by atoms with van der Waals surface area (Å²) >= 11 is 0. The summed E-state index contributed by atoms with van der Waals surface area (Å²) in [6.07, 6.45) is 3.06. The number of hydrogen-bond acceptors (Lipinski definition) is 4. The molecular weight excluding hydrogens is 426 g/mol. The van der Waals surface area contributed by atoms with Gasteiger partial charge in [0, 0.05) is 44.7 Å². The van der Waals surface area contributed by atoms with E-state index in [9.17, 15) is 18.0 Å². The lowest BCUT2D eigenvalue weighted by molar-refractivity contribution is -0.132. The summed E-state index contributed by atoms with van der Waals surface area (Å²) in [5.41, 5.74) is 2.20. The lowest BCUT2D eigenvalue weighted by Crippen LogP contribution is -2.32. The van der Waals surface area contributed by atoms with Crippen molar-refractivity contribution in [2.45, 2.75) is 43.9 Å². The number of amides is 2. The Bertz CT molecular complexity index is 1100. The Balaban J connectivity index is 1.48. The van der Waals surface area contributed by atoms with Gasteiger partial charge in [0.25, 0.3) is 10.0 Å². The highest BCUT2D eigenvalue weighted by Gasteiger charge is 2.29. The van der Waals surface area contributed by atoms with Crippen LogP contribution in [0.15, 0.2) is 53.4 Å². The van der Waals surface area contributed by atoms with Crippen LogP contribution in [0.2, 0.25) is 0 Å². The van der Waals surface area contributed by atoms with E-state index < -0.39 is 10.0 Å². The van der Waals surface area contributed by atoms with Gasteiger partial charge in [-0.25, -0.2) is 8.42 Å². The molecule has 0 atom stereocenters. The van der Waals surface area contributed by atoms with Crippen molar-refractivity contribution >= 4 is 33.2 Å². The summed E-state index contributed by atoms with van der Waals surface area (Å²) in [6.45, 7) is 4.20. The number of likely N-dealkylation sites (tertiary alicyclic amines) is 1. The Morgan fingerprint density at radius 3 is 2.31 bits per heavy atom. The first-order valence-electron chi connectivity index (χ1n) is 11.2. The molecule has 2 amide bonds. The Kier molecular flexibility index (Phi) is 6.50. The van der Waals surface area contributed by atoms with Crippen LogP contribution in [-0.2, 0) is 26.0 Å². The lowest BCUT2D eigenvalue weighted by atomic mass is 10.2. The molecule has 32 heavy (non-hydrogen) atoms. The predicted octanol–water partition coefficient (Wildman–Crippen LogP) is 3.19. The van der Waals surface area contributed by atoms with E-state index in [0.29, 0.717) is 25.2 Å². The van der Waals surface area contributed by atoms with Gasteiger partial charge in [-0.1, -0.05) is 18.2 Å². The molecule has 0 N–H and O–H groups in total. The molecule has 1 saturated heterocycles. The van der Waals surface area contributed by atoms with E-state index in [0.717, 1.165) is 37.2 Å². The molecule has 2 aliphatic rings. The minimum absolute atomic E-state index is 0.0391. The number of hydrogen-bond donors (Lipinski definition) is 0. The normalized spacial score (nSPS) is 15.7. The SMILES string of the molecule is CCN(c1ccccc1)S(=O)(=O)c1ccc2c(c1)CCN2C(=O)CCC(=O)N1CCCC1. The van der Waals surface area contributed by atoms with E-state index in [-0.39, 0.29) is 29.6 Å². The summed E-state index contributed by atoms with van der Waals surface area (Å²) in [4.78, 5) is 28.8. The smallest absolute Gasteiger partial charge is 0.264 e. The Hall–Kier alpha value is -2.87. The van der Waals surface area contributed by atoms with Crippen LogP contribution < -0.4 is 9.21 Å². The van der Waals surface area contributed by atoms with Gasteiger partial charge in [-0.3, -0.25) is 13.9 Å². The van der Waals surface area contributed by atoms with Gasteiger partial charge in [0.1, 0.15) is 0 Å². The zero-order chi connectivity index (χ0) is 22.7. The van der Waals surface area contributed by atoms with E-state index in [1.165, 1.54) is 4.31 Å². The van der Waals surface area contributed by atoms with Crippen LogP contribution in [-0.4, -0.2) is 51.3 Å². The number of anilines is 2. The second kappa shape index (κ2) is 9.32. The summed E-state index contributed by atoms with van der Waals surface area (Å²) < 4.78 is 28.0. The summed E-state index contributed by atoms with van der Waals surface area (Å²) in [6, 6.07) is 14.0. The molecule has 4 rings (SSSR count). The summed E-state index contributed by atoms with van der Waals surface area (Å²) in [5, 5.41) is 0. The number of benzene rings is 2. The molecule has 8 heteroatoms. The molecule has 2 aromatic carbocycles. The zero-order valence-electron chi connectivity index (χ0n) is 18.4. The van der Waals surface area contributed by atoms with E-state index in [1.54, 1.807) is 35.2 Å². The highest BCUT2D eigenvalue weighted by Crippen LogP contribution is 2.33. The van der Waals surface area contributed by atoms with Gasteiger partial charge >= 0.3 is 0 Å². The van der Waals surface area contributed by atoms with Gasteiger partial charge in [0.15, 0.2) is 0 Å². The molecule has 0 spiro atoms. The minimum Gasteiger partial charge on any atom is -0.343 e. The molecule has 1 fully saturated rings. The molecule has 2 aliphatic heterocycles. The quantitative estimate of drug-likeness (QED) is 0.642. The van der Waals surface area contributed by atoms with Crippen LogP contribution in [0.5, 0.6) is 0 Å². The van der Waals surface area contributed by atoms with Crippen molar-refractivity contribution in [1.82, 2.24) is 4.90 Å². The maximum absolute atomic E-state index is 13.3. The zero-order valence-corrected chi connectivity index (χ0v) is 19.2. The molecule has 0 saturated carbocycles. The maximum atomic E-state index is 13.3. The predicted molar refractivity (Wildman–Crippen MR) is 124 cm³/mol. The third-order valence-corrected chi connectivity index (χ3v) is 8.08. The van der Waals surface area contributed by atoms with E-state index in [2.05, 4.69) is 0 Å². The molecular formula is C24H29N3O4S.